The van der Waals surface area contributed by atoms with E-state index in [1.807, 2.05) is 62.4 Å². The number of aryl methyl sites for hydroxylation is 2. The molecule has 26 heavy (non-hydrogen) atoms. The number of hydrogen-bond donors (Lipinski definition) is 2. The molecule has 1 saturated heterocycles. The number of guanidine groups is 1. The maximum atomic E-state index is 12.6. The second kappa shape index (κ2) is 8.63. The highest BCUT2D eigenvalue weighted by Crippen LogP contribution is 2.13. The molecule has 0 saturated carbocycles. The lowest BCUT2D eigenvalue weighted by molar-refractivity contribution is 0.0975. The van der Waals surface area contributed by atoms with Gasteiger partial charge in [-0.25, -0.2) is 4.99 Å². The van der Waals surface area contributed by atoms with Crippen LogP contribution in [0.25, 0.3) is 0 Å². The fraction of sp³-hybridized carbons (Fsp3) is 0.333. The zero-order valence-electron chi connectivity index (χ0n) is 15.3. The minimum atomic E-state index is -0.184. The highest BCUT2D eigenvalue weighted by Gasteiger charge is 2.16. The van der Waals surface area contributed by atoms with Crippen molar-refractivity contribution in [1.82, 2.24) is 5.32 Å². The monoisotopic (exact) mass is 351 g/mol. The summed E-state index contributed by atoms with van der Waals surface area (Å²) in [5.74, 6) is 0.257. The van der Waals surface area contributed by atoms with Crippen molar-refractivity contribution < 1.29 is 9.53 Å². The second-order valence-electron chi connectivity index (χ2n) is 6.64. The summed E-state index contributed by atoms with van der Waals surface area (Å²) in [4.78, 5) is 17.1. The number of carbonyl (C=O) groups is 1. The van der Waals surface area contributed by atoms with E-state index in [0.29, 0.717) is 18.1 Å². The molecule has 5 nitrogen and oxygen atoms in total. The largest absolute Gasteiger partial charge is 0.376 e. The highest BCUT2D eigenvalue weighted by molar-refractivity contribution is 6.10. The summed E-state index contributed by atoms with van der Waals surface area (Å²) >= 11 is 0. The summed E-state index contributed by atoms with van der Waals surface area (Å²) in [6.45, 7) is 5.34. The number of ether oxygens (including phenoxy) is 1. The van der Waals surface area contributed by atoms with Gasteiger partial charge in [0.05, 0.1) is 12.6 Å². The van der Waals surface area contributed by atoms with Crippen LogP contribution < -0.4 is 10.6 Å². The van der Waals surface area contributed by atoms with Crippen LogP contribution in [0.2, 0.25) is 0 Å². The van der Waals surface area contributed by atoms with Gasteiger partial charge in [0.2, 0.25) is 5.96 Å². The molecule has 1 heterocycles. The van der Waals surface area contributed by atoms with Crippen LogP contribution in [0.3, 0.4) is 0 Å². The third kappa shape index (κ3) is 5.17. The Kier molecular flexibility index (Phi) is 6.02. The van der Waals surface area contributed by atoms with Crippen LogP contribution in [0, 0.1) is 13.8 Å². The summed E-state index contributed by atoms with van der Waals surface area (Å²) in [5, 5.41) is 6.11. The maximum Gasteiger partial charge on any atom is 0.257 e. The van der Waals surface area contributed by atoms with E-state index in [2.05, 4.69) is 15.6 Å². The van der Waals surface area contributed by atoms with Crippen molar-refractivity contribution in [3.8, 4) is 0 Å². The van der Waals surface area contributed by atoms with Gasteiger partial charge in [-0.3, -0.25) is 10.1 Å². The number of rotatable bonds is 4. The van der Waals surface area contributed by atoms with E-state index in [1.165, 1.54) is 0 Å². The fourth-order valence-electron chi connectivity index (χ4n) is 2.84. The van der Waals surface area contributed by atoms with E-state index in [9.17, 15) is 4.79 Å². The number of hydrogen-bond acceptors (Lipinski definition) is 3. The van der Waals surface area contributed by atoms with Gasteiger partial charge in [-0.2, -0.15) is 0 Å². The van der Waals surface area contributed by atoms with Crippen LogP contribution in [0.5, 0.6) is 0 Å². The Morgan fingerprint density at radius 1 is 1.15 bits per heavy atom. The molecule has 3 rings (SSSR count). The molecule has 1 atom stereocenters. The standard InChI is InChI=1S/C21H25N3O2/c1-15-8-10-17(11-9-15)20(25)24-21(22-14-19-7-4-12-26-19)23-18-6-3-5-16(2)13-18/h3,5-6,8-11,13,19H,4,7,12,14H2,1-2H3,(H2,22,23,24,25)/t19-/m0/s1. The van der Waals surface area contributed by atoms with E-state index in [1.54, 1.807) is 0 Å². The fourth-order valence-corrected chi connectivity index (χ4v) is 2.84. The van der Waals surface area contributed by atoms with Crippen molar-refractivity contribution in [2.45, 2.75) is 32.8 Å². The van der Waals surface area contributed by atoms with Gasteiger partial charge in [-0.05, 0) is 56.5 Å². The number of amides is 1. The van der Waals surface area contributed by atoms with Crippen LogP contribution in [-0.4, -0.2) is 31.1 Å². The van der Waals surface area contributed by atoms with Crippen molar-refractivity contribution in [1.29, 1.82) is 0 Å². The first-order valence-corrected chi connectivity index (χ1v) is 8.98. The molecule has 1 fully saturated rings. The molecule has 136 valence electrons. The molecule has 1 amide bonds. The number of benzene rings is 2. The summed E-state index contributed by atoms with van der Waals surface area (Å²) in [7, 11) is 0. The van der Waals surface area contributed by atoms with Crippen LogP contribution in [-0.2, 0) is 4.74 Å². The summed E-state index contributed by atoms with van der Waals surface area (Å²) in [5.41, 5.74) is 3.75. The molecule has 2 aromatic carbocycles. The third-order valence-corrected chi connectivity index (χ3v) is 4.30. The van der Waals surface area contributed by atoms with Gasteiger partial charge >= 0.3 is 0 Å². The first-order chi connectivity index (χ1) is 12.6. The van der Waals surface area contributed by atoms with Crippen molar-refractivity contribution in [3.05, 3.63) is 65.2 Å². The first-order valence-electron chi connectivity index (χ1n) is 8.98. The van der Waals surface area contributed by atoms with Gasteiger partial charge in [0.25, 0.3) is 5.91 Å². The molecule has 5 heteroatoms. The van der Waals surface area contributed by atoms with Crippen molar-refractivity contribution in [2.75, 3.05) is 18.5 Å². The van der Waals surface area contributed by atoms with Crippen LogP contribution in [0.15, 0.2) is 53.5 Å². The predicted octanol–water partition coefficient (Wildman–Crippen LogP) is 3.68. The Morgan fingerprint density at radius 3 is 2.65 bits per heavy atom. The quantitative estimate of drug-likeness (QED) is 0.652. The smallest absolute Gasteiger partial charge is 0.257 e. The van der Waals surface area contributed by atoms with Crippen molar-refractivity contribution in [2.24, 2.45) is 4.99 Å². The average Bonchev–Trinajstić information content (AvgIpc) is 3.14. The van der Waals surface area contributed by atoms with Gasteiger partial charge < -0.3 is 10.1 Å². The Bertz CT molecular complexity index is 778. The van der Waals surface area contributed by atoms with Gasteiger partial charge in [-0.15, -0.1) is 0 Å². The van der Waals surface area contributed by atoms with Crippen LogP contribution in [0.1, 0.15) is 34.3 Å². The molecule has 0 radical (unpaired) electrons. The molecular weight excluding hydrogens is 326 g/mol. The molecule has 0 spiro atoms. The Morgan fingerprint density at radius 2 is 1.96 bits per heavy atom. The molecule has 2 aromatic rings. The number of aliphatic imine (C=N–C) groups is 1. The van der Waals surface area contributed by atoms with Gasteiger partial charge in [-0.1, -0.05) is 29.8 Å². The van der Waals surface area contributed by atoms with Crippen molar-refractivity contribution in [3.63, 3.8) is 0 Å². The summed E-state index contributed by atoms with van der Waals surface area (Å²) in [6, 6.07) is 15.4. The molecule has 0 bridgehead atoms. The lowest BCUT2D eigenvalue weighted by Crippen LogP contribution is -2.36. The molecule has 1 aliphatic heterocycles. The third-order valence-electron chi connectivity index (χ3n) is 4.30. The van der Waals surface area contributed by atoms with Gasteiger partial charge in [0.15, 0.2) is 0 Å². The minimum Gasteiger partial charge on any atom is -0.376 e. The minimum absolute atomic E-state index is 0.126. The van der Waals surface area contributed by atoms with E-state index in [-0.39, 0.29) is 12.0 Å². The number of anilines is 1. The average molecular weight is 351 g/mol. The molecule has 2 N–H and O–H groups in total. The molecular formula is C21H25N3O2. The Labute approximate surface area is 154 Å². The van der Waals surface area contributed by atoms with Crippen LogP contribution >= 0.6 is 0 Å². The number of carbonyl (C=O) groups excluding carboxylic acids is 1. The second-order valence-corrected chi connectivity index (χ2v) is 6.64. The van der Waals surface area contributed by atoms with Crippen molar-refractivity contribution >= 4 is 17.6 Å². The Balaban J connectivity index is 1.73. The maximum absolute atomic E-state index is 12.6. The topological polar surface area (TPSA) is 62.7 Å². The predicted molar refractivity (Wildman–Crippen MR) is 105 cm³/mol. The lowest BCUT2D eigenvalue weighted by Gasteiger charge is -2.14. The van der Waals surface area contributed by atoms with E-state index < -0.39 is 0 Å². The Hall–Kier alpha value is -2.66. The number of nitrogens with zero attached hydrogens (tertiary/aromatic N) is 1. The molecule has 0 unspecified atom stereocenters. The van der Waals surface area contributed by atoms with Gasteiger partial charge in [0.1, 0.15) is 0 Å². The van der Waals surface area contributed by atoms with E-state index >= 15 is 0 Å². The van der Waals surface area contributed by atoms with E-state index in [4.69, 9.17) is 4.74 Å². The van der Waals surface area contributed by atoms with E-state index in [0.717, 1.165) is 36.3 Å². The number of nitrogens with one attached hydrogen (secondary N) is 2. The molecule has 1 aliphatic rings. The zero-order chi connectivity index (χ0) is 18.4. The highest BCUT2D eigenvalue weighted by atomic mass is 16.5. The SMILES string of the molecule is Cc1ccc(C(=O)NC(=NC[C@@H]2CCCO2)Nc2cccc(C)c2)cc1. The summed E-state index contributed by atoms with van der Waals surface area (Å²) in [6.07, 6.45) is 2.20. The molecule has 0 aromatic heterocycles. The lowest BCUT2D eigenvalue weighted by atomic mass is 10.1. The first kappa shape index (κ1) is 18.1. The van der Waals surface area contributed by atoms with Gasteiger partial charge in [0, 0.05) is 17.9 Å². The zero-order valence-corrected chi connectivity index (χ0v) is 15.3. The molecule has 0 aliphatic carbocycles. The normalized spacial score (nSPS) is 17.2. The summed E-state index contributed by atoms with van der Waals surface area (Å²) < 4.78 is 5.63. The van der Waals surface area contributed by atoms with Crippen LogP contribution in [0.4, 0.5) is 5.69 Å².